The van der Waals surface area contributed by atoms with Crippen molar-refractivity contribution < 1.29 is 9.90 Å². The van der Waals surface area contributed by atoms with Gasteiger partial charge in [-0.3, -0.25) is 4.79 Å². The number of aliphatic carboxylic acids is 1. The smallest absolute Gasteiger partial charge is 0.303 e. The summed E-state index contributed by atoms with van der Waals surface area (Å²) in [5.41, 5.74) is 0. The van der Waals surface area contributed by atoms with Crippen LogP contribution in [0.4, 0.5) is 0 Å². The minimum atomic E-state index is -0.705. The Morgan fingerprint density at radius 1 is 1.55 bits per heavy atom. The number of hydrogen-bond acceptors (Lipinski definition) is 2. The summed E-state index contributed by atoms with van der Waals surface area (Å²) < 4.78 is 0. The highest BCUT2D eigenvalue weighted by molar-refractivity contribution is 7.80. The molecule has 0 aromatic heterocycles. The molecule has 66 valence electrons. The second-order valence-electron chi connectivity index (χ2n) is 3.12. The molecule has 0 aromatic rings. The van der Waals surface area contributed by atoms with Gasteiger partial charge < -0.3 is 5.11 Å². The molecule has 0 aromatic carbocycles. The average Bonchev–Trinajstić information content (AvgIpc) is 1.82. The van der Waals surface area contributed by atoms with E-state index in [1.807, 2.05) is 6.92 Å². The van der Waals surface area contributed by atoms with E-state index in [1.165, 1.54) is 0 Å². The Morgan fingerprint density at radius 2 is 2.09 bits per heavy atom. The third-order valence-electron chi connectivity index (χ3n) is 1.59. The lowest BCUT2D eigenvalue weighted by Crippen LogP contribution is -2.05. The molecule has 2 atom stereocenters. The van der Waals surface area contributed by atoms with E-state index >= 15 is 0 Å². The summed E-state index contributed by atoms with van der Waals surface area (Å²) in [6, 6.07) is 0. The summed E-state index contributed by atoms with van der Waals surface area (Å²) in [6.45, 7) is 4.09. The molecule has 0 heterocycles. The minimum absolute atomic E-state index is 0.279. The molecule has 11 heavy (non-hydrogen) atoms. The molecular weight excluding hydrogens is 160 g/mol. The van der Waals surface area contributed by atoms with Gasteiger partial charge in [-0.25, -0.2) is 0 Å². The Hall–Kier alpha value is -0.180. The normalized spacial score (nSPS) is 15.9. The topological polar surface area (TPSA) is 37.3 Å². The van der Waals surface area contributed by atoms with Crippen LogP contribution in [-0.2, 0) is 4.79 Å². The first-order valence-corrected chi connectivity index (χ1v) is 4.44. The molecule has 3 heteroatoms. The summed E-state index contributed by atoms with van der Waals surface area (Å²) >= 11 is 4.23. The summed E-state index contributed by atoms with van der Waals surface area (Å²) in [5.74, 6) is -0.234. The Balaban J connectivity index is 3.37. The first-order valence-electron chi connectivity index (χ1n) is 3.92. The van der Waals surface area contributed by atoms with E-state index in [9.17, 15) is 4.79 Å². The van der Waals surface area contributed by atoms with Gasteiger partial charge in [-0.2, -0.15) is 12.6 Å². The Morgan fingerprint density at radius 3 is 2.45 bits per heavy atom. The number of thiol groups is 1. The van der Waals surface area contributed by atoms with Crippen molar-refractivity contribution in [3.05, 3.63) is 0 Å². The van der Waals surface area contributed by atoms with Crippen molar-refractivity contribution in [1.29, 1.82) is 0 Å². The zero-order valence-corrected chi connectivity index (χ0v) is 7.97. The molecule has 0 saturated heterocycles. The van der Waals surface area contributed by atoms with Crippen LogP contribution in [0.15, 0.2) is 0 Å². The number of rotatable bonds is 5. The van der Waals surface area contributed by atoms with Crippen molar-refractivity contribution in [2.75, 3.05) is 0 Å². The number of hydrogen-bond donors (Lipinski definition) is 2. The van der Waals surface area contributed by atoms with E-state index in [0.29, 0.717) is 11.2 Å². The largest absolute Gasteiger partial charge is 0.481 e. The van der Waals surface area contributed by atoms with Gasteiger partial charge in [0.05, 0.1) is 0 Å². The zero-order chi connectivity index (χ0) is 8.85. The van der Waals surface area contributed by atoms with Crippen molar-refractivity contribution in [1.82, 2.24) is 0 Å². The molecule has 0 fully saturated rings. The summed E-state index contributed by atoms with van der Waals surface area (Å²) in [4.78, 5) is 10.2. The van der Waals surface area contributed by atoms with E-state index in [1.54, 1.807) is 0 Å². The van der Waals surface area contributed by atoms with Crippen LogP contribution < -0.4 is 0 Å². The molecule has 1 unspecified atom stereocenters. The average molecular weight is 176 g/mol. The van der Waals surface area contributed by atoms with Crippen LogP contribution in [0.5, 0.6) is 0 Å². The second-order valence-corrected chi connectivity index (χ2v) is 4.00. The van der Waals surface area contributed by atoms with Gasteiger partial charge in [-0.15, -0.1) is 0 Å². The van der Waals surface area contributed by atoms with Gasteiger partial charge >= 0.3 is 5.97 Å². The van der Waals surface area contributed by atoms with Crippen molar-refractivity contribution in [3.8, 4) is 0 Å². The van der Waals surface area contributed by atoms with Gasteiger partial charge in [-0.05, 0) is 24.0 Å². The molecule has 0 rings (SSSR count). The fourth-order valence-corrected chi connectivity index (χ4v) is 1.43. The molecule has 0 bridgehead atoms. The number of carbonyl (C=O) groups is 1. The standard InChI is InChI=1S/C8H16O2S/c1-6(5-7(2)11)3-4-8(9)10/h6-7,11H,3-5H2,1-2H3,(H,9,10)/t6-,7?/m0/s1. The van der Waals surface area contributed by atoms with Gasteiger partial charge in [0, 0.05) is 6.42 Å². The molecule has 0 amide bonds. The van der Waals surface area contributed by atoms with Crippen LogP contribution in [0.1, 0.15) is 33.1 Å². The Kier molecular flexibility index (Phi) is 5.38. The highest BCUT2D eigenvalue weighted by atomic mass is 32.1. The third kappa shape index (κ3) is 7.72. The van der Waals surface area contributed by atoms with Crippen molar-refractivity contribution in [2.45, 2.75) is 38.4 Å². The maximum Gasteiger partial charge on any atom is 0.303 e. The predicted octanol–water partition coefficient (Wildman–Crippen LogP) is 2.20. The SMILES string of the molecule is CC(S)C[C@@H](C)CCC(=O)O. The van der Waals surface area contributed by atoms with Crippen LogP contribution >= 0.6 is 12.6 Å². The van der Waals surface area contributed by atoms with Crippen LogP contribution in [0.2, 0.25) is 0 Å². The maximum atomic E-state index is 10.2. The number of carboxylic acid groups (broad SMARTS) is 1. The first kappa shape index (κ1) is 10.8. The highest BCUT2D eigenvalue weighted by Gasteiger charge is 2.07. The fourth-order valence-electron chi connectivity index (χ4n) is 1.07. The third-order valence-corrected chi connectivity index (χ3v) is 1.81. The van der Waals surface area contributed by atoms with E-state index in [0.717, 1.165) is 12.8 Å². The van der Waals surface area contributed by atoms with Gasteiger partial charge in [0.15, 0.2) is 0 Å². The van der Waals surface area contributed by atoms with E-state index in [2.05, 4.69) is 19.6 Å². The van der Waals surface area contributed by atoms with Crippen molar-refractivity contribution in [2.24, 2.45) is 5.92 Å². The summed E-state index contributed by atoms with van der Waals surface area (Å²) in [6.07, 6.45) is 2.04. The molecular formula is C8H16O2S. The monoisotopic (exact) mass is 176 g/mol. The molecule has 0 aliphatic carbocycles. The van der Waals surface area contributed by atoms with Gasteiger partial charge in [0.1, 0.15) is 0 Å². The van der Waals surface area contributed by atoms with Crippen LogP contribution in [0, 0.1) is 5.92 Å². The minimum Gasteiger partial charge on any atom is -0.481 e. The van der Waals surface area contributed by atoms with Gasteiger partial charge in [0.2, 0.25) is 0 Å². The Labute approximate surface area is 73.4 Å². The zero-order valence-electron chi connectivity index (χ0n) is 7.08. The predicted molar refractivity (Wildman–Crippen MR) is 49.1 cm³/mol. The van der Waals surface area contributed by atoms with Crippen LogP contribution in [0.25, 0.3) is 0 Å². The lowest BCUT2D eigenvalue weighted by Gasteiger charge is -2.11. The van der Waals surface area contributed by atoms with Crippen LogP contribution in [-0.4, -0.2) is 16.3 Å². The Bertz CT molecular complexity index is 123. The van der Waals surface area contributed by atoms with Crippen LogP contribution in [0.3, 0.4) is 0 Å². The molecule has 0 saturated carbocycles. The van der Waals surface area contributed by atoms with E-state index in [-0.39, 0.29) is 6.42 Å². The molecule has 0 spiro atoms. The number of carboxylic acids is 1. The van der Waals surface area contributed by atoms with E-state index in [4.69, 9.17) is 5.11 Å². The molecule has 0 radical (unpaired) electrons. The molecule has 1 N–H and O–H groups in total. The fraction of sp³-hybridized carbons (Fsp3) is 0.875. The quantitative estimate of drug-likeness (QED) is 0.630. The van der Waals surface area contributed by atoms with E-state index < -0.39 is 5.97 Å². The molecule has 0 aliphatic rings. The summed E-state index contributed by atoms with van der Waals surface area (Å²) in [5, 5.41) is 8.75. The van der Waals surface area contributed by atoms with Gasteiger partial charge in [-0.1, -0.05) is 13.8 Å². The second kappa shape index (κ2) is 5.47. The molecule has 2 nitrogen and oxygen atoms in total. The highest BCUT2D eigenvalue weighted by Crippen LogP contribution is 2.15. The van der Waals surface area contributed by atoms with Gasteiger partial charge in [0.25, 0.3) is 0 Å². The molecule has 0 aliphatic heterocycles. The lowest BCUT2D eigenvalue weighted by molar-refractivity contribution is -0.137. The van der Waals surface area contributed by atoms with Crippen molar-refractivity contribution in [3.63, 3.8) is 0 Å². The lowest BCUT2D eigenvalue weighted by atomic mass is 10.0. The first-order chi connectivity index (χ1) is 5.02. The van der Waals surface area contributed by atoms with Crippen molar-refractivity contribution >= 4 is 18.6 Å². The summed E-state index contributed by atoms with van der Waals surface area (Å²) in [7, 11) is 0. The maximum absolute atomic E-state index is 10.2.